The van der Waals surface area contributed by atoms with E-state index in [1.165, 1.54) is 12.8 Å². The average molecular weight is 176 g/mol. The summed E-state index contributed by atoms with van der Waals surface area (Å²) in [6, 6.07) is 0. The first-order chi connectivity index (χ1) is 5.66. The van der Waals surface area contributed by atoms with Gasteiger partial charge in [0, 0.05) is 13.2 Å². The van der Waals surface area contributed by atoms with Crippen LogP contribution >= 0.6 is 0 Å². The molecule has 2 N–H and O–H groups in total. The molecule has 0 amide bonds. The quantitative estimate of drug-likeness (QED) is 0.610. The summed E-state index contributed by atoms with van der Waals surface area (Å²) >= 11 is 0. The molecule has 1 rings (SSSR count). The van der Waals surface area contributed by atoms with Gasteiger partial charge < -0.3 is 14.9 Å². The molecule has 0 aromatic rings. The maximum Gasteiger partial charge on any atom is 0.329 e. The largest absolute Gasteiger partial charge is 0.480 e. The van der Waals surface area contributed by atoms with Crippen LogP contribution in [0.1, 0.15) is 19.8 Å². The van der Waals surface area contributed by atoms with Crippen LogP contribution in [0.5, 0.6) is 0 Å². The van der Waals surface area contributed by atoms with E-state index < -0.39 is 12.6 Å². The van der Waals surface area contributed by atoms with E-state index in [4.69, 9.17) is 19.7 Å². The van der Waals surface area contributed by atoms with Gasteiger partial charge in [0.15, 0.2) is 0 Å². The Morgan fingerprint density at radius 2 is 1.92 bits per heavy atom. The Hall–Kier alpha value is -0.610. The molecule has 0 bridgehead atoms. The lowest BCUT2D eigenvalue weighted by Crippen LogP contribution is -2.12. The lowest BCUT2D eigenvalue weighted by Gasteiger charge is -2.16. The third kappa shape index (κ3) is 7.50. The van der Waals surface area contributed by atoms with Gasteiger partial charge in [0.25, 0.3) is 0 Å². The van der Waals surface area contributed by atoms with Gasteiger partial charge in [-0.05, 0) is 18.8 Å². The summed E-state index contributed by atoms with van der Waals surface area (Å²) in [7, 11) is 0. The zero-order valence-electron chi connectivity index (χ0n) is 7.32. The van der Waals surface area contributed by atoms with E-state index in [-0.39, 0.29) is 0 Å². The molecular weight excluding hydrogens is 160 g/mol. The Bertz CT molecular complexity index is 118. The first-order valence-electron chi connectivity index (χ1n) is 4.07. The van der Waals surface area contributed by atoms with Gasteiger partial charge in [-0.15, -0.1) is 0 Å². The van der Waals surface area contributed by atoms with Crippen LogP contribution in [0.2, 0.25) is 0 Å². The highest BCUT2D eigenvalue weighted by Gasteiger charge is 2.06. The molecule has 1 saturated heterocycles. The standard InChI is InChI=1S/C6H12O.C2H4O3/c1-6-2-4-7-5-3-6;3-1-2(4)5/h6H,2-5H2,1H3;3H,1H2,(H,4,5). The number of rotatable bonds is 1. The number of hydrogen-bond donors (Lipinski definition) is 2. The number of aliphatic hydroxyl groups excluding tert-OH is 1. The normalized spacial score (nSPS) is 17.8. The molecule has 0 aromatic carbocycles. The minimum atomic E-state index is -1.19. The van der Waals surface area contributed by atoms with Crippen LogP contribution < -0.4 is 0 Å². The molecule has 1 aliphatic rings. The number of carboxylic acid groups (broad SMARTS) is 1. The van der Waals surface area contributed by atoms with Crippen molar-refractivity contribution >= 4 is 5.97 Å². The van der Waals surface area contributed by atoms with Gasteiger partial charge in [0.05, 0.1) is 0 Å². The van der Waals surface area contributed by atoms with E-state index in [2.05, 4.69) is 6.92 Å². The lowest BCUT2D eigenvalue weighted by molar-refractivity contribution is -0.140. The highest BCUT2D eigenvalue weighted by Crippen LogP contribution is 2.11. The maximum absolute atomic E-state index is 9.12. The molecule has 4 nitrogen and oxygen atoms in total. The van der Waals surface area contributed by atoms with E-state index in [9.17, 15) is 0 Å². The molecular formula is C8H16O4. The topological polar surface area (TPSA) is 66.8 Å². The smallest absolute Gasteiger partial charge is 0.329 e. The molecule has 0 aliphatic carbocycles. The van der Waals surface area contributed by atoms with Crippen molar-refractivity contribution < 1.29 is 19.7 Å². The van der Waals surface area contributed by atoms with Crippen molar-refractivity contribution in [2.45, 2.75) is 19.8 Å². The Kier molecular flexibility index (Phi) is 6.70. The van der Waals surface area contributed by atoms with Crippen molar-refractivity contribution in [2.75, 3.05) is 19.8 Å². The number of carbonyl (C=O) groups is 1. The lowest BCUT2D eigenvalue weighted by atomic mass is 10.0. The van der Waals surface area contributed by atoms with E-state index in [1.54, 1.807) is 0 Å². The molecule has 0 unspecified atom stereocenters. The van der Waals surface area contributed by atoms with Gasteiger partial charge in [-0.1, -0.05) is 6.92 Å². The molecule has 1 fully saturated rings. The molecule has 0 spiro atoms. The molecule has 0 radical (unpaired) electrons. The van der Waals surface area contributed by atoms with Crippen LogP contribution in [0.25, 0.3) is 0 Å². The Balaban J connectivity index is 0.000000217. The van der Waals surface area contributed by atoms with Gasteiger partial charge in [0.1, 0.15) is 6.61 Å². The van der Waals surface area contributed by atoms with E-state index >= 15 is 0 Å². The predicted octanol–water partition coefficient (Wildman–Crippen LogP) is 0.496. The van der Waals surface area contributed by atoms with Gasteiger partial charge in [-0.2, -0.15) is 0 Å². The maximum atomic E-state index is 9.12. The summed E-state index contributed by atoms with van der Waals surface area (Å²) in [6.07, 6.45) is 2.53. The second-order valence-corrected chi connectivity index (χ2v) is 2.85. The van der Waals surface area contributed by atoms with E-state index in [1.807, 2.05) is 0 Å². The van der Waals surface area contributed by atoms with Gasteiger partial charge in [0.2, 0.25) is 0 Å². The van der Waals surface area contributed by atoms with Crippen LogP contribution in [0.15, 0.2) is 0 Å². The van der Waals surface area contributed by atoms with Crippen molar-refractivity contribution in [3.05, 3.63) is 0 Å². The molecule has 4 heteroatoms. The summed E-state index contributed by atoms with van der Waals surface area (Å²) in [4.78, 5) is 9.12. The first kappa shape index (κ1) is 11.4. The van der Waals surface area contributed by atoms with Crippen LogP contribution in [0, 0.1) is 5.92 Å². The Morgan fingerprint density at radius 1 is 1.50 bits per heavy atom. The number of ether oxygens (including phenoxy) is 1. The molecule has 72 valence electrons. The monoisotopic (exact) mass is 176 g/mol. The van der Waals surface area contributed by atoms with Crippen LogP contribution in [0.3, 0.4) is 0 Å². The van der Waals surface area contributed by atoms with Gasteiger partial charge in [-0.25, -0.2) is 4.79 Å². The molecule has 12 heavy (non-hydrogen) atoms. The zero-order chi connectivity index (χ0) is 9.40. The van der Waals surface area contributed by atoms with Gasteiger partial charge >= 0.3 is 5.97 Å². The summed E-state index contributed by atoms with van der Waals surface area (Å²) in [6.45, 7) is 3.48. The van der Waals surface area contributed by atoms with Crippen LogP contribution in [-0.4, -0.2) is 36.0 Å². The fourth-order valence-electron chi connectivity index (χ4n) is 0.815. The molecule has 0 aromatic heterocycles. The fourth-order valence-corrected chi connectivity index (χ4v) is 0.815. The summed E-state index contributed by atoms with van der Waals surface area (Å²) < 4.78 is 5.14. The van der Waals surface area contributed by atoms with E-state index in [0.29, 0.717) is 0 Å². The minimum Gasteiger partial charge on any atom is -0.480 e. The Morgan fingerprint density at radius 3 is 2.08 bits per heavy atom. The van der Waals surface area contributed by atoms with Gasteiger partial charge in [-0.3, -0.25) is 0 Å². The molecule has 1 heterocycles. The SMILES string of the molecule is CC1CCOCC1.O=C(O)CO. The fraction of sp³-hybridized carbons (Fsp3) is 0.875. The van der Waals surface area contributed by atoms with Crippen molar-refractivity contribution in [1.29, 1.82) is 0 Å². The summed E-state index contributed by atoms with van der Waals surface area (Å²) in [5, 5.41) is 15.0. The Labute approximate surface area is 72.2 Å². The second kappa shape index (κ2) is 7.06. The number of aliphatic carboxylic acids is 1. The second-order valence-electron chi connectivity index (χ2n) is 2.85. The molecule has 0 atom stereocenters. The van der Waals surface area contributed by atoms with Crippen molar-refractivity contribution in [1.82, 2.24) is 0 Å². The predicted molar refractivity (Wildman–Crippen MR) is 43.9 cm³/mol. The third-order valence-corrected chi connectivity index (χ3v) is 1.65. The van der Waals surface area contributed by atoms with E-state index in [0.717, 1.165) is 19.1 Å². The number of carboxylic acids is 1. The highest BCUT2D eigenvalue weighted by molar-refractivity contribution is 5.67. The van der Waals surface area contributed by atoms with Crippen LogP contribution in [0.4, 0.5) is 0 Å². The van der Waals surface area contributed by atoms with Crippen molar-refractivity contribution in [3.63, 3.8) is 0 Å². The first-order valence-corrected chi connectivity index (χ1v) is 4.07. The summed E-state index contributed by atoms with van der Waals surface area (Å²) in [5.74, 6) is -0.279. The highest BCUT2D eigenvalue weighted by atomic mass is 16.5. The van der Waals surface area contributed by atoms with Crippen molar-refractivity contribution in [3.8, 4) is 0 Å². The number of hydrogen-bond acceptors (Lipinski definition) is 3. The summed E-state index contributed by atoms with van der Waals surface area (Å²) in [5.41, 5.74) is 0. The average Bonchev–Trinajstić information content (AvgIpc) is 2.07. The third-order valence-electron chi connectivity index (χ3n) is 1.65. The molecule has 1 aliphatic heterocycles. The van der Waals surface area contributed by atoms with Crippen molar-refractivity contribution in [2.24, 2.45) is 5.92 Å². The minimum absolute atomic E-state index is 0.778. The molecule has 0 saturated carbocycles. The zero-order valence-corrected chi connectivity index (χ0v) is 7.32. The number of aliphatic hydroxyl groups is 1. The van der Waals surface area contributed by atoms with Crippen LogP contribution in [-0.2, 0) is 9.53 Å².